The highest BCUT2D eigenvalue weighted by Gasteiger charge is 2.61. The molecule has 3 amide bonds. The summed E-state index contributed by atoms with van der Waals surface area (Å²) in [5.74, 6) is -2.01. The molecule has 0 unspecified atom stereocenters. The molecule has 3 aliphatic carbocycles. The molecule has 1 heterocycles. The summed E-state index contributed by atoms with van der Waals surface area (Å²) in [5, 5.41) is 3.20. The van der Waals surface area contributed by atoms with Crippen molar-refractivity contribution in [3.63, 3.8) is 0 Å². The fraction of sp³-hybridized carbons (Fsp3) is 0.333. The summed E-state index contributed by atoms with van der Waals surface area (Å²) in [6.07, 6.45) is 1.96. The third-order valence-corrected chi connectivity index (χ3v) is 8.88. The van der Waals surface area contributed by atoms with Crippen molar-refractivity contribution in [2.24, 2.45) is 11.8 Å². The zero-order valence-corrected chi connectivity index (χ0v) is 23.5. The predicted octanol–water partition coefficient (Wildman–Crippen LogP) is 5.58. The van der Waals surface area contributed by atoms with Crippen molar-refractivity contribution >= 4 is 41.0 Å². The number of hydrogen-bond donors (Lipinski definition) is 1. The van der Waals surface area contributed by atoms with Crippen LogP contribution in [0.15, 0.2) is 66.7 Å². The Labute approximate surface area is 243 Å². The van der Waals surface area contributed by atoms with Crippen LogP contribution in [0, 0.1) is 18.8 Å². The number of aryl methyl sites for hydroxylation is 1. The zero-order valence-electron chi connectivity index (χ0n) is 22.8. The van der Waals surface area contributed by atoms with E-state index in [9.17, 15) is 19.2 Å². The molecule has 7 rings (SSSR count). The van der Waals surface area contributed by atoms with Crippen molar-refractivity contribution in [3.8, 4) is 0 Å². The molecule has 7 nitrogen and oxygen atoms in total. The number of unbranched alkanes of at least 4 members (excludes halogenated alkanes) is 2. The van der Waals surface area contributed by atoms with Gasteiger partial charge in [-0.05, 0) is 59.7 Å². The van der Waals surface area contributed by atoms with Gasteiger partial charge in [0.15, 0.2) is 6.61 Å². The maximum atomic E-state index is 13.6. The van der Waals surface area contributed by atoms with Crippen LogP contribution in [-0.4, -0.2) is 41.7 Å². The van der Waals surface area contributed by atoms with E-state index in [-0.39, 0.29) is 48.5 Å². The van der Waals surface area contributed by atoms with Crippen molar-refractivity contribution in [2.45, 2.75) is 44.4 Å². The van der Waals surface area contributed by atoms with Gasteiger partial charge in [0.2, 0.25) is 11.8 Å². The van der Waals surface area contributed by atoms with Crippen LogP contribution in [0.2, 0.25) is 5.02 Å². The molecule has 1 aliphatic heterocycles. The molecular weight excluding hydrogens is 540 g/mol. The molecule has 0 saturated carbocycles. The van der Waals surface area contributed by atoms with Crippen LogP contribution in [0.4, 0.5) is 5.69 Å². The number of imide groups is 1. The number of likely N-dealkylation sites (tertiary alicyclic amines) is 1. The van der Waals surface area contributed by atoms with E-state index in [0.717, 1.165) is 27.8 Å². The van der Waals surface area contributed by atoms with Gasteiger partial charge in [0.25, 0.3) is 5.91 Å². The Morgan fingerprint density at radius 3 is 1.95 bits per heavy atom. The van der Waals surface area contributed by atoms with Crippen LogP contribution in [0.3, 0.4) is 0 Å². The summed E-state index contributed by atoms with van der Waals surface area (Å²) in [4.78, 5) is 53.1. The molecule has 8 heteroatoms. The molecule has 4 aliphatic rings. The van der Waals surface area contributed by atoms with Gasteiger partial charge >= 0.3 is 5.97 Å². The van der Waals surface area contributed by atoms with Crippen molar-refractivity contribution in [1.82, 2.24) is 4.90 Å². The van der Waals surface area contributed by atoms with Crippen LogP contribution in [0.5, 0.6) is 0 Å². The highest BCUT2D eigenvalue weighted by molar-refractivity contribution is 6.31. The Bertz CT molecular complexity index is 1440. The number of hydrogen-bond acceptors (Lipinski definition) is 5. The second-order valence-corrected chi connectivity index (χ2v) is 11.5. The lowest BCUT2D eigenvalue weighted by Gasteiger charge is -2.45. The van der Waals surface area contributed by atoms with Crippen molar-refractivity contribution in [3.05, 3.63) is 99.6 Å². The molecule has 0 radical (unpaired) electrons. The fourth-order valence-corrected chi connectivity index (χ4v) is 6.98. The van der Waals surface area contributed by atoms with Crippen molar-refractivity contribution in [1.29, 1.82) is 0 Å². The van der Waals surface area contributed by atoms with Gasteiger partial charge in [-0.1, -0.05) is 72.6 Å². The Hall–Kier alpha value is -3.97. The minimum absolute atomic E-state index is 0.0839. The predicted molar refractivity (Wildman–Crippen MR) is 155 cm³/mol. The molecule has 0 aromatic heterocycles. The Morgan fingerprint density at radius 2 is 1.39 bits per heavy atom. The Kier molecular flexibility index (Phi) is 7.39. The van der Waals surface area contributed by atoms with E-state index in [2.05, 4.69) is 29.6 Å². The largest absolute Gasteiger partial charge is 0.456 e. The number of amides is 3. The molecular formula is C33H31ClN2O5. The molecule has 1 saturated heterocycles. The maximum Gasteiger partial charge on any atom is 0.306 e. The lowest BCUT2D eigenvalue weighted by atomic mass is 9.55. The van der Waals surface area contributed by atoms with E-state index in [1.165, 1.54) is 4.90 Å². The maximum absolute atomic E-state index is 13.6. The lowest BCUT2D eigenvalue weighted by molar-refractivity contribution is -0.147. The number of anilines is 1. The second kappa shape index (κ2) is 11.1. The number of halogens is 1. The van der Waals surface area contributed by atoms with Gasteiger partial charge in [-0.3, -0.25) is 24.1 Å². The summed E-state index contributed by atoms with van der Waals surface area (Å²) in [6, 6.07) is 21.6. The monoisotopic (exact) mass is 570 g/mol. The van der Waals surface area contributed by atoms with Crippen LogP contribution in [-0.2, 0) is 23.9 Å². The first kappa shape index (κ1) is 27.2. The molecule has 41 heavy (non-hydrogen) atoms. The smallest absolute Gasteiger partial charge is 0.306 e. The Morgan fingerprint density at radius 1 is 0.829 bits per heavy atom. The third kappa shape index (κ3) is 4.93. The number of nitrogens with zero attached hydrogens (tertiary/aromatic N) is 1. The van der Waals surface area contributed by atoms with Gasteiger partial charge in [-0.25, -0.2) is 0 Å². The van der Waals surface area contributed by atoms with Crippen molar-refractivity contribution < 1.29 is 23.9 Å². The first-order chi connectivity index (χ1) is 19.8. The Balaban J connectivity index is 0.999. The number of nitrogens with one attached hydrogen (secondary N) is 1. The van der Waals surface area contributed by atoms with E-state index >= 15 is 0 Å². The second-order valence-electron chi connectivity index (χ2n) is 11.1. The van der Waals surface area contributed by atoms with E-state index in [0.29, 0.717) is 36.5 Å². The van der Waals surface area contributed by atoms with Gasteiger partial charge in [-0.2, -0.15) is 0 Å². The van der Waals surface area contributed by atoms with Gasteiger partial charge in [-0.15, -0.1) is 0 Å². The number of esters is 1. The molecule has 2 atom stereocenters. The summed E-state index contributed by atoms with van der Waals surface area (Å²) >= 11 is 5.98. The average Bonchev–Trinajstić information content (AvgIpc) is 3.23. The lowest BCUT2D eigenvalue weighted by Crippen LogP contribution is -2.41. The van der Waals surface area contributed by atoms with Crippen LogP contribution >= 0.6 is 11.6 Å². The fourth-order valence-electron chi connectivity index (χ4n) is 6.81. The summed E-state index contributed by atoms with van der Waals surface area (Å²) < 4.78 is 5.11. The van der Waals surface area contributed by atoms with Crippen LogP contribution < -0.4 is 5.32 Å². The van der Waals surface area contributed by atoms with E-state index in [1.54, 1.807) is 18.2 Å². The number of carbonyl (C=O) groups excluding carboxylic acids is 4. The average molecular weight is 571 g/mol. The van der Waals surface area contributed by atoms with E-state index in [1.807, 2.05) is 31.2 Å². The normalized spacial score (nSPS) is 21.8. The number of benzene rings is 3. The summed E-state index contributed by atoms with van der Waals surface area (Å²) in [6.45, 7) is 1.81. The molecule has 1 fully saturated rings. The van der Waals surface area contributed by atoms with Gasteiger partial charge in [0.1, 0.15) is 0 Å². The summed E-state index contributed by atoms with van der Waals surface area (Å²) in [5.41, 5.74) is 6.08. The van der Waals surface area contributed by atoms with Gasteiger partial charge in [0.05, 0.1) is 11.8 Å². The summed E-state index contributed by atoms with van der Waals surface area (Å²) in [7, 11) is 0. The van der Waals surface area contributed by atoms with Crippen LogP contribution in [0.1, 0.15) is 65.3 Å². The SMILES string of the molecule is Cc1ccc(Cl)cc1NC(=O)COC(=O)CCCCCN1C(=O)[C@H]2C3c4ccccc4C(c4ccccc43)[C@@H]2C1=O. The quantitative estimate of drug-likeness (QED) is 0.206. The van der Waals surface area contributed by atoms with Crippen LogP contribution in [0.25, 0.3) is 0 Å². The topological polar surface area (TPSA) is 92.8 Å². The highest BCUT2D eigenvalue weighted by Crippen LogP contribution is 2.60. The molecule has 210 valence electrons. The van der Waals surface area contributed by atoms with Gasteiger partial charge in [0, 0.05) is 35.5 Å². The minimum Gasteiger partial charge on any atom is -0.456 e. The zero-order chi connectivity index (χ0) is 28.7. The van der Waals surface area contributed by atoms with E-state index in [4.69, 9.17) is 16.3 Å². The van der Waals surface area contributed by atoms with Gasteiger partial charge < -0.3 is 10.1 Å². The molecule has 3 aromatic carbocycles. The number of ether oxygens (including phenoxy) is 1. The number of carbonyl (C=O) groups is 4. The molecule has 0 spiro atoms. The highest BCUT2D eigenvalue weighted by atomic mass is 35.5. The standard InChI is InChI=1S/C33H31ClN2O5/c1-19-14-15-20(34)17-25(19)35-26(37)18-41-27(38)13-3-2-8-16-36-32(39)30-28-21-9-4-5-10-22(21)29(31(30)33(36)40)24-12-7-6-11-23(24)28/h4-7,9-12,14-15,17,28-31H,2-3,8,13,16,18H2,1H3,(H,35,37)/t28?,29?,30-,31-/m0/s1. The molecule has 1 N–H and O–H groups in total. The minimum atomic E-state index is -0.464. The molecule has 3 aromatic rings. The first-order valence-electron chi connectivity index (χ1n) is 14.1. The van der Waals surface area contributed by atoms with E-state index < -0.39 is 11.9 Å². The third-order valence-electron chi connectivity index (χ3n) is 8.64. The first-order valence-corrected chi connectivity index (χ1v) is 14.5. The van der Waals surface area contributed by atoms with Crippen molar-refractivity contribution in [2.75, 3.05) is 18.5 Å². The molecule has 2 bridgehead atoms. The number of rotatable bonds is 9.